The molecule has 0 fully saturated rings. The zero-order valence-corrected chi connectivity index (χ0v) is 8.92. The fourth-order valence-corrected chi connectivity index (χ4v) is 0.762. The average molecular weight is 204 g/mol. The van der Waals surface area contributed by atoms with Crippen LogP contribution in [0.15, 0.2) is 12.2 Å². The Morgan fingerprint density at radius 3 is 2.62 bits per heavy atom. The number of allylic oxidation sites excluding steroid dienone is 1. The van der Waals surface area contributed by atoms with Crippen molar-refractivity contribution in [1.29, 1.82) is 0 Å². The smallest absolute Gasteiger partial charge is 0 e. The third kappa shape index (κ3) is 10.1. The third-order valence-corrected chi connectivity index (χ3v) is 1.42. The molecule has 0 aliphatic rings. The van der Waals surface area contributed by atoms with Gasteiger partial charge in [-0.15, -0.1) is 0 Å². The minimum absolute atomic E-state index is 0. The molecule has 1 radical (unpaired) electrons. The van der Waals surface area contributed by atoms with Gasteiger partial charge >= 0.3 is 0 Å². The van der Waals surface area contributed by atoms with Crippen LogP contribution in [0.4, 0.5) is 0 Å². The Bertz CT molecular complexity index is 52.5. The van der Waals surface area contributed by atoms with Crippen molar-refractivity contribution in [2.45, 2.75) is 6.92 Å². The third-order valence-electron chi connectivity index (χ3n) is 0.585. The second-order valence-electron chi connectivity index (χ2n) is 1.13. The summed E-state index contributed by atoms with van der Waals surface area (Å²) in [7, 11) is 0. The van der Waals surface area contributed by atoms with Gasteiger partial charge in [0.05, 0.1) is 0 Å². The molecule has 2 heteroatoms. The molecule has 0 atom stereocenters. The summed E-state index contributed by atoms with van der Waals surface area (Å²) in [6, 6.07) is 0. The molecule has 45 valence electrons. The van der Waals surface area contributed by atoms with Gasteiger partial charge in [0, 0.05) is 32.7 Å². The van der Waals surface area contributed by atoms with Gasteiger partial charge < -0.3 is 0 Å². The van der Waals surface area contributed by atoms with Crippen LogP contribution in [0, 0.1) is 6.92 Å². The molecule has 8 heavy (non-hydrogen) atoms. The van der Waals surface area contributed by atoms with Crippen molar-refractivity contribution in [3.05, 3.63) is 19.1 Å². The van der Waals surface area contributed by atoms with Gasteiger partial charge in [0.2, 0.25) is 0 Å². The van der Waals surface area contributed by atoms with Crippen LogP contribution in [0.25, 0.3) is 0 Å². The molecule has 0 aliphatic heterocycles. The molecule has 0 aliphatic carbocycles. The van der Waals surface area contributed by atoms with Gasteiger partial charge in [-0.25, -0.2) is 19.1 Å². The molecule has 0 aromatic carbocycles. The van der Waals surface area contributed by atoms with Gasteiger partial charge in [-0.1, -0.05) is 12.7 Å². The van der Waals surface area contributed by atoms with E-state index in [9.17, 15) is 0 Å². The first-order chi connectivity index (χ1) is 3.41. The summed E-state index contributed by atoms with van der Waals surface area (Å²) in [4.78, 5) is 0. The van der Waals surface area contributed by atoms with Crippen molar-refractivity contribution in [3.63, 3.8) is 0 Å². The monoisotopic (exact) mass is 204 g/mol. The van der Waals surface area contributed by atoms with Gasteiger partial charge in [-0.2, -0.15) is 11.8 Å². The Kier molecular flexibility index (Phi) is 16.2. The van der Waals surface area contributed by atoms with Crippen molar-refractivity contribution < 1.29 is 32.7 Å². The predicted molar refractivity (Wildman–Crippen MR) is 37.5 cm³/mol. The Morgan fingerprint density at radius 1 is 1.62 bits per heavy atom. The normalized spacial score (nSPS) is 9.12. The molecule has 0 aromatic rings. The predicted octanol–water partition coefficient (Wildman–Crippen LogP) is 2.13. The van der Waals surface area contributed by atoms with Crippen LogP contribution in [-0.4, -0.2) is 11.5 Å². The van der Waals surface area contributed by atoms with Crippen LogP contribution in [0.2, 0.25) is 0 Å². The van der Waals surface area contributed by atoms with Crippen LogP contribution in [0.5, 0.6) is 0 Å². The molecular weight excluding hydrogens is 193 g/mol. The molecule has 0 spiro atoms. The Hall–Kier alpha value is 1.06. The molecule has 0 N–H and O–H groups in total. The first kappa shape index (κ1) is 11.8. The fourth-order valence-electron chi connectivity index (χ4n) is 0.254. The van der Waals surface area contributed by atoms with Crippen molar-refractivity contribution in [3.8, 4) is 0 Å². The topological polar surface area (TPSA) is 0 Å². The zero-order valence-electron chi connectivity index (χ0n) is 5.26. The summed E-state index contributed by atoms with van der Waals surface area (Å²) in [6.45, 7) is 5.72. The molecule has 0 saturated carbocycles. The van der Waals surface area contributed by atoms with Gasteiger partial charge in [0.15, 0.2) is 0 Å². The zero-order chi connectivity index (χ0) is 5.54. The van der Waals surface area contributed by atoms with E-state index in [2.05, 4.69) is 19.9 Å². The van der Waals surface area contributed by atoms with E-state index in [0.717, 1.165) is 5.75 Å². The maximum Gasteiger partial charge on any atom is 0 e. The molecule has 0 aromatic heterocycles. The van der Waals surface area contributed by atoms with E-state index in [1.165, 1.54) is 5.75 Å². The van der Waals surface area contributed by atoms with Crippen LogP contribution in [0.1, 0.15) is 6.92 Å². The van der Waals surface area contributed by atoms with E-state index in [-0.39, 0.29) is 32.7 Å². The molecular formula is C6H11SY-. The van der Waals surface area contributed by atoms with Gasteiger partial charge in [-0.3, -0.25) is 0 Å². The second kappa shape index (κ2) is 10.9. The summed E-state index contributed by atoms with van der Waals surface area (Å²) in [5.41, 5.74) is 0. The molecule has 0 saturated heterocycles. The van der Waals surface area contributed by atoms with E-state index in [1.54, 1.807) is 0 Å². The summed E-state index contributed by atoms with van der Waals surface area (Å²) in [5, 5.41) is 0. The Labute approximate surface area is 81.4 Å². The fraction of sp³-hybridized carbons (Fsp3) is 0.500. The largest absolute Gasteiger partial charge is 0.245 e. The van der Waals surface area contributed by atoms with E-state index in [1.807, 2.05) is 17.8 Å². The summed E-state index contributed by atoms with van der Waals surface area (Å²) < 4.78 is 0. The minimum atomic E-state index is 0. The van der Waals surface area contributed by atoms with Crippen molar-refractivity contribution in [2.24, 2.45) is 0 Å². The maximum atomic E-state index is 3.56. The van der Waals surface area contributed by atoms with Crippen LogP contribution >= 0.6 is 11.8 Å². The maximum absolute atomic E-state index is 3.56. The Morgan fingerprint density at radius 2 is 2.25 bits per heavy atom. The minimum Gasteiger partial charge on any atom is -0.245 e. The number of rotatable bonds is 3. The SMILES string of the molecule is [CH2-]/C=C/CSCC.[Y]. The van der Waals surface area contributed by atoms with E-state index >= 15 is 0 Å². The quantitative estimate of drug-likeness (QED) is 0.501. The Balaban J connectivity index is 0. The van der Waals surface area contributed by atoms with E-state index in [4.69, 9.17) is 0 Å². The molecule has 0 amide bonds. The van der Waals surface area contributed by atoms with Crippen molar-refractivity contribution >= 4 is 11.8 Å². The van der Waals surface area contributed by atoms with Crippen molar-refractivity contribution in [2.75, 3.05) is 11.5 Å². The van der Waals surface area contributed by atoms with Crippen molar-refractivity contribution in [1.82, 2.24) is 0 Å². The molecule has 0 heterocycles. The molecule has 0 bridgehead atoms. The number of hydrogen-bond acceptors (Lipinski definition) is 1. The standard InChI is InChI=1S/C6H11S.Y/c1-3-5-6-7-4-2;/h3,5H,1,4,6H2,2H3;/q-1;/b5-3+;. The van der Waals surface area contributed by atoms with Gasteiger partial charge in [0.1, 0.15) is 0 Å². The van der Waals surface area contributed by atoms with Gasteiger partial charge in [0.25, 0.3) is 0 Å². The molecule has 0 rings (SSSR count). The number of hydrogen-bond donors (Lipinski definition) is 0. The van der Waals surface area contributed by atoms with E-state index < -0.39 is 0 Å². The second-order valence-corrected chi connectivity index (χ2v) is 2.45. The number of thioether (sulfide) groups is 1. The van der Waals surface area contributed by atoms with Crippen LogP contribution in [0.3, 0.4) is 0 Å². The average Bonchev–Trinajstić information content (AvgIpc) is 1.69. The van der Waals surface area contributed by atoms with Crippen LogP contribution in [-0.2, 0) is 32.7 Å². The summed E-state index contributed by atoms with van der Waals surface area (Å²) in [5.74, 6) is 2.31. The first-order valence-electron chi connectivity index (χ1n) is 2.43. The molecule has 0 unspecified atom stereocenters. The van der Waals surface area contributed by atoms with Crippen LogP contribution < -0.4 is 0 Å². The van der Waals surface area contributed by atoms with E-state index in [0.29, 0.717) is 0 Å². The first-order valence-corrected chi connectivity index (χ1v) is 3.59. The summed E-state index contributed by atoms with van der Waals surface area (Å²) in [6.07, 6.45) is 3.90. The molecule has 0 nitrogen and oxygen atoms in total. The summed E-state index contributed by atoms with van der Waals surface area (Å²) >= 11 is 1.91. The van der Waals surface area contributed by atoms with Gasteiger partial charge in [-0.05, 0) is 5.75 Å².